The molecule has 0 bridgehead atoms. The van der Waals surface area contributed by atoms with Crippen LogP contribution in [-0.2, 0) is 4.79 Å². The van der Waals surface area contributed by atoms with Crippen LogP contribution in [0.1, 0.15) is 0 Å². The molecule has 0 radical (unpaired) electrons. The van der Waals surface area contributed by atoms with Gasteiger partial charge < -0.3 is 16.0 Å². The Bertz CT molecular complexity index is 393. The van der Waals surface area contributed by atoms with E-state index >= 15 is 0 Å². The Morgan fingerprint density at radius 3 is 3.00 bits per heavy atom. The van der Waals surface area contributed by atoms with Gasteiger partial charge in [0.1, 0.15) is 0 Å². The number of pyridine rings is 1. The number of rotatable bonds is 3. The highest BCUT2D eigenvalue weighted by Gasteiger charge is 2.16. The highest BCUT2D eigenvalue weighted by atomic mass is 32.2. The number of thioether (sulfide) groups is 1. The normalized spacial score (nSPS) is 15.9. The zero-order chi connectivity index (χ0) is 12.1. The number of carbonyl (C=O) groups is 1. The van der Waals surface area contributed by atoms with Gasteiger partial charge in [0.2, 0.25) is 5.91 Å². The van der Waals surface area contributed by atoms with Gasteiger partial charge in [-0.1, -0.05) is 0 Å². The van der Waals surface area contributed by atoms with E-state index in [1.807, 2.05) is 11.0 Å². The number of nitrogens with one attached hydrogen (secondary N) is 1. The second-order valence-electron chi connectivity index (χ2n) is 3.83. The summed E-state index contributed by atoms with van der Waals surface area (Å²) in [5, 5.41) is 3.22. The predicted molar refractivity (Wildman–Crippen MR) is 68.8 cm³/mol. The van der Waals surface area contributed by atoms with Crippen molar-refractivity contribution in [1.29, 1.82) is 0 Å². The molecule has 1 aliphatic rings. The van der Waals surface area contributed by atoms with E-state index in [0.717, 1.165) is 31.1 Å². The van der Waals surface area contributed by atoms with Crippen LogP contribution >= 0.6 is 11.8 Å². The van der Waals surface area contributed by atoms with Gasteiger partial charge in [-0.25, -0.2) is 0 Å². The second-order valence-corrected chi connectivity index (χ2v) is 4.85. The molecule has 1 aromatic heterocycles. The molecular weight excluding hydrogens is 236 g/mol. The summed E-state index contributed by atoms with van der Waals surface area (Å²) < 4.78 is 0. The molecule has 6 heteroatoms. The lowest BCUT2D eigenvalue weighted by Crippen LogP contribution is -2.47. The molecule has 0 aliphatic carbocycles. The van der Waals surface area contributed by atoms with Crippen molar-refractivity contribution in [1.82, 2.24) is 15.2 Å². The fourth-order valence-corrected chi connectivity index (χ4v) is 2.51. The number of hydrogen-bond acceptors (Lipinski definition) is 5. The molecule has 1 amide bonds. The Morgan fingerprint density at radius 1 is 1.53 bits per heavy atom. The number of amides is 1. The minimum absolute atomic E-state index is 0.174. The quantitative estimate of drug-likeness (QED) is 0.751. The average Bonchev–Trinajstić information content (AvgIpc) is 2.38. The standard InChI is InChI=1S/C11H16N4OS/c12-9-7-14-2-1-10(9)17-8-11(16)15-5-3-13-4-6-15/h1-2,7,13H,3-6,8,12H2. The largest absolute Gasteiger partial charge is 0.397 e. The van der Waals surface area contributed by atoms with E-state index < -0.39 is 0 Å². The molecule has 0 spiro atoms. The molecule has 0 aromatic carbocycles. The first-order valence-corrected chi connectivity index (χ1v) is 6.57. The number of nitrogen functional groups attached to an aromatic ring is 1. The van der Waals surface area contributed by atoms with E-state index in [4.69, 9.17) is 5.73 Å². The van der Waals surface area contributed by atoms with Crippen molar-refractivity contribution < 1.29 is 4.79 Å². The Hall–Kier alpha value is -1.27. The highest BCUT2D eigenvalue weighted by Crippen LogP contribution is 2.23. The number of anilines is 1. The SMILES string of the molecule is Nc1cnccc1SCC(=O)N1CCNCC1. The van der Waals surface area contributed by atoms with Crippen molar-refractivity contribution in [2.75, 3.05) is 37.7 Å². The molecule has 3 N–H and O–H groups in total. The molecule has 1 fully saturated rings. The van der Waals surface area contributed by atoms with Crippen LogP contribution in [0.25, 0.3) is 0 Å². The van der Waals surface area contributed by atoms with Crippen LogP contribution < -0.4 is 11.1 Å². The van der Waals surface area contributed by atoms with E-state index in [0.29, 0.717) is 11.4 Å². The van der Waals surface area contributed by atoms with Gasteiger partial charge in [0.25, 0.3) is 0 Å². The first-order chi connectivity index (χ1) is 8.27. The lowest BCUT2D eigenvalue weighted by Gasteiger charge is -2.27. The summed E-state index contributed by atoms with van der Waals surface area (Å²) in [4.78, 5) is 18.6. The molecule has 1 saturated heterocycles. The third kappa shape index (κ3) is 3.34. The van der Waals surface area contributed by atoms with E-state index in [1.54, 1.807) is 12.4 Å². The van der Waals surface area contributed by atoms with Gasteiger partial charge in [0.15, 0.2) is 0 Å². The molecule has 2 heterocycles. The Morgan fingerprint density at radius 2 is 2.29 bits per heavy atom. The van der Waals surface area contributed by atoms with Crippen molar-refractivity contribution in [3.8, 4) is 0 Å². The van der Waals surface area contributed by atoms with E-state index in [9.17, 15) is 4.79 Å². The van der Waals surface area contributed by atoms with Crippen LogP contribution in [-0.4, -0.2) is 47.7 Å². The zero-order valence-electron chi connectivity index (χ0n) is 9.56. The molecule has 1 aromatic rings. The summed E-state index contributed by atoms with van der Waals surface area (Å²) in [5.41, 5.74) is 6.40. The topological polar surface area (TPSA) is 71.2 Å². The monoisotopic (exact) mass is 252 g/mol. The molecule has 17 heavy (non-hydrogen) atoms. The molecule has 0 saturated carbocycles. The van der Waals surface area contributed by atoms with Crippen LogP contribution in [0.5, 0.6) is 0 Å². The Kier molecular flexibility index (Phi) is 4.22. The van der Waals surface area contributed by atoms with Gasteiger partial charge in [-0.15, -0.1) is 11.8 Å². The summed E-state index contributed by atoms with van der Waals surface area (Å²) in [6.07, 6.45) is 3.30. The highest BCUT2D eigenvalue weighted by molar-refractivity contribution is 8.00. The number of aromatic nitrogens is 1. The van der Waals surface area contributed by atoms with Gasteiger partial charge in [0.05, 0.1) is 17.6 Å². The van der Waals surface area contributed by atoms with Gasteiger partial charge in [-0.05, 0) is 6.07 Å². The number of piperazine rings is 1. The first-order valence-electron chi connectivity index (χ1n) is 5.58. The smallest absolute Gasteiger partial charge is 0.233 e. The van der Waals surface area contributed by atoms with Crippen molar-refractivity contribution in [3.63, 3.8) is 0 Å². The van der Waals surface area contributed by atoms with Gasteiger partial charge >= 0.3 is 0 Å². The minimum atomic E-state index is 0.174. The predicted octanol–water partition coefficient (Wildman–Crippen LogP) is 0.188. The van der Waals surface area contributed by atoms with Crippen LogP contribution in [0.3, 0.4) is 0 Å². The van der Waals surface area contributed by atoms with Crippen LogP contribution in [0.15, 0.2) is 23.4 Å². The minimum Gasteiger partial charge on any atom is -0.397 e. The van der Waals surface area contributed by atoms with Crippen LogP contribution in [0.4, 0.5) is 5.69 Å². The fraction of sp³-hybridized carbons (Fsp3) is 0.455. The summed E-state index contributed by atoms with van der Waals surface area (Å²) in [5.74, 6) is 0.613. The lowest BCUT2D eigenvalue weighted by molar-refractivity contribution is -0.128. The van der Waals surface area contributed by atoms with E-state index in [1.165, 1.54) is 11.8 Å². The Labute approximate surface area is 105 Å². The maximum atomic E-state index is 11.9. The molecule has 0 unspecified atom stereocenters. The van der Waals surface area contributed by atoms with Crippen molar-refractivity contribution in [2.24, 2.45) is 0 Å². The van der Waals surface area contributed by atoms with E-state index in [2.05, 4.69) is 10.3 Å². The third-order valence-electron chi connectivity index (χ3n) is 2.63. The summed E-state index contributed by atoms with van der Waals surface area (Å²) >= 11 is 1.47. The molecule has 92 valence electrons. The molecule has 0 atom stereocenters. The number of nitrogens with two attached hydrogens (primary N) is 1. The zero-order valence-corrected chi connectivity index (χ0v) is 10.4. The summed E-state index contributed by atoms with van der Waals surface area (Å²) in [6, 6.07) is 1.84. The van der Waals surface area contributed by atoms with Gasteiger partial charge in [0, 0.05) is 37.3 Å². The molecular formula is C11H16N4OS. The third-order valence-corrected chi connectivity index (χ3v) is 3.71. The summed E-state index contributed by atoms with van der Waals surface area (Å²) in [7, 11) is 0. The van der Waals surface area contributed by atoms with Gasteiger partial charge in [-0.2, -0.15) is 0 Å². The van der Waals surface area contributed by atoms with Crippen LogP contribution in [0, 0.1) is 0 Å². The van der Waals surface area contributed by atoms with Crippen LogP contribution in [0.2, 0.25) is 0 Å². The second kappa shape index (κ2) is 5.88. The average molecular weight is 252 g/mol. The molecule has 5 nitrogen and oxygen atoms in total. The molecule has 1 aliphatic heterocycles. The summed E-state index contributed by atoms with van der Waals surface area (Å²) in [6.45, 7) is 3.36. The van der Waals surface area contributed by atoms with Crippen molar-refractivity contribution >= 4 is 23.4 Å². The van der Waals surface area contributed by atoms with Gasteiger partial charge in [-0.3, -0.25) is 9.78 Å². The maximum Gasteiger partial charge on any atom is 0.233 e. The van der Waals surface area contributed by atoms with Crippen molar-refractivity contribution in [3.05, 3.63) is 18.5 Å². The number of carbonyl (C=O) groups excluding carboxylic acids is 1. The van der Waals surface area contributed by atoms with Crippen molar-refractivity contribution in [2.45, 2.75) is 4.90 Å². The fourth-order valence-electron chi connectivity index (χ4n) is 1.67. The molecule has 2 rings (SSSR count). The number of nitrogens with zero attached hydrogens (tertiary/aromatic N) is 2. The Balaban J connectivity index is 1.85. The maximum absolute atomic E-state index is 11.9. The van der Waals surface area contributed by atoms with E-state index in [-0.39, 0.29) is 5.91 Å². The number of hydrogen-bond donors (Lipinski definition) is 2. The lowest BCUT2D eigenvalue weighted by atomic mass is 10.3. The first kappa shape index (κ1) is 12.2.